The standard InChI is InChI=1S/C10H13ClN2O.ClH/c11-9-3-1-8(2-4-9)5-6-14-7-10(12)13;/h1-4H,5-7H2,(H3,12,13);1H. The molecule has 3 nitrogen and oxygen atoms in total. The molecule has 0 aromatic heterocycles. The molecule has 1 rings (SSSR count). The SMILES string of the molecule is Cl.N=C(N)COCCc1ccc(Cl)cc1. The molecule has 0 spiro atoms. The third-order valence-corrected chi connectivity index (χ3v) is 1.96. The van der Waals surface area contributed by atoms with E-state index < -0.39 is 0 Å². The predicted octanol–water partition coefficient (Wildman–Crippen LogP) is 2.26. The second-order valence-electron chi connectivity index (χ2n) is 2.95. The molecule has 0 amide bonds. The van der Waals surface area contributed by atoms with Crippen molar-refractivity contribution in [2.75, 3.05) is 13.2 Å². The molecule has 0 atom stereocenters. The highest BCUT2D eigenvalue weighted by Crippen LogP contribution is 2.09. The zero-order valence-corrected chi connectivity index (χ0v) is 9.77. The van der Waals surface area contributed by atoms with Crippen LogP contribution in [0.3, 0.4) is 0 Å². The lowest BCUT2D eigenvalue weighted by atomic mass is 10.2. The third-order valence-electron chi connectivity index (χ3n) is 1.71. The summed E-state index contributed by atoms with van der Waals surface area (Å²) in [4.78, 5) is 0. The first-order valence-corrected chi connectivity index (χ1v) is 4.71. The highest BCUT2D eigenvalue weighted by atomic mass is 35.5. The molecule has 0 unspecified atom stereocenters. The van der Waals surface area contributed by atoms with Gasteiger partial charge in [0.1, 0.15) is 12.4 Å². The number of benzene rings is 1. The maximum Gasteiger partial charge on any atom is 0.117 e. The molecular formula is C10H14Cl2N2O. The molecule has 0 saturated carbocycles. The summed E-state index contributed by atoms with van der Waals surface area (Å²) in [5, 5.41) is 7.68. The number of hydrogen-bond acceptors (Lipinski definition) is 2. The minimum absolute atomic E-state index is 0. The van der Waals surface area contributed by atoms with Crippen LogP contribution in [0.5, 0.6) is 0 Å². The van der Waals surface area contributed by atoms with Gasteiger partial charge in [-0.15, -0.1) is 12.4 Å². The average molecular weight is 249 g/mol. The zero-order valence-electron chi connectivity index (χ0n) is 8.20. The Balaban J connectivity index is 0.00000196. The fraction of sp³-hybridized carbons (Fsp3) is 0.300. The van der Waals surface area contributed by atoms with Crippen LogP contribution in [-0.4, -0.2) is 19.0 Å². The summed E-state index contributed by atoms with van der Waals surface area (Å²) in [7, 11) is 0. The monoisotopic (exact) mass is 248 g/mol. The Bertz CT molecular complexity index is 301. The zero-order chi connectivity index (χ0) is 10.4. The van der Waals surface area contributed by atoms with Gasteiger partial charge in [-0.25, -0.2) is 0 Å². The molecular weight excluding hydrogens is 235 g/mol. The van der Waals surface area contributed by atoms with Crippen molar-refractivity contribution in [1.29, 1.82) is 5.41 Å². The number of ether oxygens (including phenoxy) is 1. The van der Waals surface area contributed by atoms with Crippen LogP contribution in [0.1, 0.15) is 5.56 Å². The summed E-state index contributed by atoms with van der Waals surface area (Å²) in [6.07, 6.45) is 0.810. The lowest BCUT2D eigenvalue weighted by molar-refractivity contribution is 0.174. The summed E-state index contributed by atoms with van der Waals surface area (Å²) in [5.41, 5.74) is 6.30. The van der Waals surface area contributed by atoms with E-state index in [1.165, 1.54) is 0 Å². The highest BCUT2D eigenvalue weighted by molar-refractivity contribution is 6.30. The Morgan fingerprint density at radius 3 is 2.47 bits per heavy atom. The van der Waals surface area contributed by atoms with E-state index in [1.807, 2.05) is 24.3 Å². The van der Waals surface area contributed by atoms with Gasteiger partial charge in [0.15, 0.2) is 0 Å². The predicted molar refractivity (Wildman–Crippen MR) is 65.1 cm³/mol. The first-order chi connectivity index (χ1) is 6.68. The van der Waals surface area contributed by atoms with Gasteiger partial charge in [0, 0.05) is 5.02 Å². The van der Waals surface area contributed by atoms with Gasteiger partial charge in [0.05, 0.1) is 6.61 Å². The van der Waals surface area contributed by atoms with Crippen LogP contribution in [0.15, 0.2) is 24.3 Å². The molecule has 0 aliphatic rings. The Hall–Kier alpha value is -0.770. The molecule has 0 aliphatic heterocycles. The van der Waals surface area contributed by atoms with Gasteiger partial charge in [-0.2, -0.15) is 0 Å². The van der Waals surface area contributed by atoms with Gasteiger partial charge in [0.25, 0.3) is 0 Å². The largest absolute Gasteiger partial charge is 0.386 e. The number of rotatable bonds is 5. The highest BCUT2D eigenvalue weighted by Gasteiger charge is 1.94. The van der Waals surface area contributed by atoms with E-state index in [1.54, 1.807) is 0 Å². The molecule has 0 aliphatic carbocycles. The van der Waals surface area contributed by atoms with Crippen LogP contribution in [-0.2, 0) is 11.2 Å². The molecule has 0 heterocycles. The maximum atomic E-state index is 6.94. The van der Waals surface area contributed by atoms with Crippen molar-refractivity contribution in [3.05, 3.63) is 34.9 Å². The molecule has 1 aromatic rings. The van der Waals surface area contributed by atoms with Crippen LogP contribution < -0.4 is 5.73 Å². The average Bonchev–Trinajstić information content (AvgIpc) is 2.15. The van der Waals surface area contributed by atoms with Crippen molar-refractivity contribution in [1.82, 2.24) is 0 Å². The molecule has 84 valence electrons. The number of nitrogens with one attached hydrogen (secondary N) is 1. The van der Waals surface area contributed by atoms with Crippen LogP contribution in [0, 0.1) is 5.41 Å². The van der Waals surface area contributed by atoms with Gasteiger partial charge in [-0.1, -0.05) is 23.7 Å². The lowest BCUT2D eigenvalue weighted by Gasteiger charge is -2.03. The molecule has 1 aromatic carbocycles. The number of halogens is 2. The Morgan fingerprint density at radius 1 is 1.33 bits per heavy atom. The first-order valence-electron chi connectivity index (χ1n) is 4.33. The minimum atomic E-state index is 0. The van der Waals surface area contributed by atoms with E-state index in [0.717, 1.165) is 17.0 Å². The summed E-state index contributed by atoms with van der Waals surface area (Å²) >= 11 is 5.74. The molecule has 0 fully saturated rings. The van der Waals surface area contributed by atoms with Gasteiger partial charge in [-0.05, 0) is 24.1 Å². The Labute approximate surface area is 100 Å². The Morgan fingerprint density at radius 2 is 1.93 bits per heavy atom. The smallest absolute Gasteiger partial charge is 0.117 e. The number of hydrogen-bond donors (Lipinski definition) is 2. The lowest BCUT2D eigenvalue weighted by Crippen LogP contribution is -2.18. The van der Waals surface area contributed by atoms with Gasteiger partial charge >= 0.3 is 0 Å². The van der Waals surface area contributed by atoms with Crippen molar-refractivity contribution < 1.29 is 4.74 Å². The van der Waals surface area contributed by atoms with Gasteiger partial charge in [0.2, 0.25) is 0 Å². The fourth-order valence-electron chi connectivity index (χ4n) is 1.02. The summed E-state index contributed by atoms with van der Waals surface area (Å²) in [5.74, 6) is 0.0566. The number of nitrogens with two attached hydrogens (primary N) is 1. The molecule has 3 N–H and O–H groups in total. The second-order valence-corrected chi connectivity index (χ2v) is 3.39. The van der Waals surface area contributed by atoms with E-state index in [2.05, 4.69) is 0 Å². The van der Waals surface area contributed by atoms with E-state index in [9.17, 15) is 0 Å². The normalized spacial score (nSPS) is 9.40. The van der Waals surface area contributed by atoms with Crippen molar-refractivity contribution in [2.24, 2.45) is 5.73 Å². The van der Waals surface area contributed by atoms with Crippen LogP contribution in [0.2, 0.25) is 5.02 Å². The van der Waals surface area contributed by atoms with Crippen LogP contribution in [0.4, 0.5) is 0 Å². The quantitative estimate of drug-likeness (QED) is 0.477. The molecule has 0 radical (unpaired) electrons. The van der Waals surface area contributed by atoms with Crippen molar-refractivity contribution >= 4 is 29.8 Å². The third kappa shape index (κ3) is 6.33. The first kappa shape index (κ1) is 14.2. The van der Waals surface area contributed by atoms with E-state index in [0.29, 0.717) is 6.61 Å². The molecule has 5 heteroatoms. The van der Waals surface area contributed by atoms with Crippen LogP contribution in [0.25, 0.3) is 0 Å². The van der Waals surface area contributed by atoms with Crippen molar-refractivity contribution in [3.63, 3.8) is 0 Å². The Kier molecular flexibility index (Phi) is 7.13. The summed E-state index contributed by atoms with van der Waals surface area (Å²) < 4.78 is 5.15. The number of amidine groups is 1. The van der Waals surface area contributed by atoms with Crippen LogP contribution >= 0.6 is 24.0 Å². The summed E-state index contributed by atoms with van der Waals surface area (Å²) in [6.45, 7) is 0.773. The molecule has 0 bridgehead atoms. The second kappa shape index (κ2) is 7.51. The summed E-state index contributed by atoms with van der Waals surface area (Å²) in [6, 6.07) is 7.61. The maximum absolute atomic E-state index is 6.94. The fourth-order valence-corrected chi connectivity index (χ4v) is 1.15. The van der Waals surface area contributed by atoms with E-state index in [4.69, 9.17) is 27.5 Å². The topological polar surface area (TPSA) is 59.1 Å². The molecule has 15 heavy (non-hydrogen) atoms. The van der Waals surface area contributed by atoms with Crippen molar-refractivity contribution in [2.45, 2.75) is 6.42 Å². The van der Waals surface area contributed by atoms with Gasteiger partial charge < -0.3 is 10.5 Å². The van der Waals surface area contributed by atoms with Gasteiger partial charge in [-0.3, -0.25) is 5.41 Å². The van der Waals surface area contributed by atoms with Crippen molar-refractivity contribution in [3.8, 4) is 0 Å². The van der Waals surface area contributed by atoms with E-state index in [-0.39, 0.29) is 24.8 Å². The van der Waals surface area contributed by atoms with E-state index >= 15 is 0 Å². The molecule has 0 saturated heterocycles. The minimum Gasteiger partial charge on any atom is -0.386 e.